The minimum absolute atomic E-state index is 0.0865. The molecule has 1 N–H and O–H groups in total. The average Bonchev–Trinajstić information content (AvgIpc) is 2.48. The molecule has 0 bridgehead atoms. The van der Waals surface area contributed by atoms with Crippen molar-refractivity contribution < 1.29 is 28.2 Å². The molecule has 126 valence electrons. The van der Waals surface area contributed by atoms with Gasteiger partial charge < -0.3 is 19.8 Å². The molecule has 0 aliphatic carbocycles. The number of halogens is 2. The summed E-state index contributed by atoms with van der Waals surface area (Å²) in [6.45, 7) is 0. The molecular weight excluding hydrogens is 381 g/mol. The zero-order valence-corrected chi connectivity index (χ0v) is 13.9. The molecule has 0 fully saturated rings. The third-order valence-electron chi connectivity index (χ3n) is 2.90. The Kier molecular flexibility index (Phi) is 5.02. The number of carboxylic acid groups (broad SMARTS) is 2. The Morgan fingerprint density at radius 1 is 0.958 bits per heavy atom. The van der Waals surface area contributed by atoms with Crippen LogP contribution in [-0.2, 0) is 10.0 Å². The van der Waals surface area contributed by atoms with E-state index in [1.807, 2.05) is 4.72 Å². The molecule has 0 aliphatic rings. The van der Waals surface area contributed by atoms with Gasteiger partial charge in [0.05, 0.1) is 22.6 Å². The lowest BCUT2D eigenvalue weighted by atomic mass is 10.1. The highest BCUT2D eigenvalue weighted by Crippen LogP contribution is 2.28. The van der Waals surface area contributed by atoms with Crippen molar-refractivity contribution in [3.8, 4) is 0 Å². The van der Waals surface area contributed by atoms with Gasteiger partial charge in [-0.15, -0.1) is 0 Å². The molecule has 0 atom stereocenters. The first-order valence-corrected chi connectivity index (χ1v) is 8.40. The summed E-state index contributed by atoms with van der Waals surface area (Å²) < 4.78 is 26.8. The Morgan fingerprint density at radius 3 is 2.21 bits per heavy atom. The predicted octanol–water partition coefficient (Wildman–Crippen LogP) is 0.521. The predicted molar refractivity (Wildman–Crippen MR) is 82.4 cm³/mol. The van der Waals surface area contributed by atoms with Gasteiger partial charge in [0.25, 0.3) is 10.0 Å². The van der Waals surface area contributed by atoms with Crippen LogP contribution in [0.2, 0.25) is 10.0 Å². The number of hydrogen-bond donors (Lipinski definition) is 1. The molecule has 0 saturated carbocycles. The fourth-order valence-corrected chi connectivity index (χ4v) is 3.65. The van der Waals surface area contributed by atoms with E-state index in [-0.39, 0.29) is 10.0 Å². The zero-order valence-electron chi connectivity index (χ0n) is 11.6. The van der Waals surface area contributed by atoms with E-state index in [0.717, 1.165) is 24.3 Å². The van der Waals surface area contributed by atoms with Gasteiger partial charge in [-0.05, 0) is 29.8 Å². The Labute approximate surface area is 146 Å². The number of rotatable bonds is 5. The van der Waals surface area contributed by atoms with Crippen molar-refractivity contribution in [2.24, 2.45) is 0 Å². The van der Waals surface area contributed by atoms with Crippen LogP contribution in [0.3, 0.4) is 0 Å². The summed E-state index contributed by atoms with van der Waals surface area (Å²) >= 11 is 11.6. The van der Waals surface area contributed by atoms with E-state index in [0.29, 0.717) is 0 Å². The van der Waals surface area contributed by atoms with Crippen LogP contribution in [0.15, 0.2) is 41.3 Å². The number of hydrogen-bond acceptors (Lipinski definition) is 6. The maximum Gasteiger partial charge on any atom is 0.263 e. The highest BCUT2D eigenvalue weighted by Gasteiger charge is 2.20. The molecule has 0 spiro atoms. The third kappa shape index (κ3) is 3.78. The largest absolute Gasteiger partial charge is 0.545 e. The second kappa shape index (κ2) is 6.68. The third-order valence-corrected chi connectivity index (χ3v) is 4.98. The van der Waals surface area contributed by atoms with Crippen LogP contribution in [-0.4, -0.2) is 20.4 Å². The number of aromatic carboxylic acids is 2. The number of anilines is 1. The van der Waals surface area contributed by atoms with Gasteiger partial charge in [-0.25, -0.2) is 8.42 Å². The van der Waals surface area contributed by atoms with Gasteiger partial charge >= 0.3 is 0 Å². The lowest BCUT2D eigenvalue weighted by Crippen LogP contribution is -2.27. The summed E-state index contributed by atoms with van der Waals surface area (Å²) in [4.78, 5) is 21.6. The van der Waals surface area contributed by atoms with Gasteiger partial charge in [0.1, 0.15) is 4.90 Å². The Morgan fingerprint density at radius 2 is 1.62 bits per heavy atom. The lowest BCUT2D eigenvalue weighted by Gasteiger charge is -2.16. The minimum atomic E-state index is -4.34. The first-order valence-electron chi connectivity index (χ1n) is 6.16. The minimum Gasteiger partial charge on any atom is -0.545 e. The van der Waals surface area contributed by atoms with Crippen LogP contribution < -0.4 is 14.9 Å². The van der Waals surface area contributed by atoms with Crippen molar-refractivity contribution in [2.75, 3.05) is 4.72 Å². The smallest absolute Gasteiger partial charge is 0.263 e. The van der Waals surface area contributed by atoms with Crippen molar-refractivity contribution in [1.29, 1.82) is 0 Å². The molecule has 0 radical (unpaired) electrons. The summed E-state index contributed by atoms with van der Waals surface area (Å²) in [5.41, 5.74) is -1.48. The maximum absolute atomic E-state index is 12.4. The van der Waals surface area contributed by atoms with E-state index in [9.17, 15) is 28.2 Å². The van der Waals surface area contributed by atoms with Gasteiger partial charge in [-0.3, -0.25) is 4.72 Å². The number of carbonyl (C=O) groups is 2. The fourth-order valence-electron chi connectivity index (χ4n) is 1.82. The standard InChI is InChI=1S/C14H9Cl2NO6S/c15-8-2-4-10(16)12(6-8)24(22,23)17-11-5-7(13(18)19)1-3-9(11)14(20)21/h1-6,17H,(H,18,19)(H,20,21)/p-2. The molecule has 2 rings (SSSR count). The molecule has 0 amide bonds. The SMILES string of the molecule is O=C([O-])c1ccc(C(=O)[O-])c(NS(=O)(=O)c2cc(Cl)ccc2Cl)c1. The Hall–Kier alpha value is -2.29. The summed E-state index contributed by atoms with van der Waals surface area (Å²) in [6.07, 6.45) is 0. The van der Waals surface area contributed by atoms with Gasteiger partial charge in [0.2, 0.25) is 0 Å². The number of sulfonamides is 1. The maximum atomic E-state index is 12.4. The van der Waals surface area contributed by atoms with E-state index >= 15 is 0 Å². The van der Waals surface area contributed by atoms with Crippen LogP contribution >= 0.6 is 23.2 Å². The van der Waals surface area contributed by atoms with Gasteiger partial charge in [-0.1, -0.05) is 35.3 Å². The topological polar surface area (TPSA) is 126 Å². The van der Waals surface area contributed by atoms with E-state index in [2.05, 4.69) is 0 Å². The summed E-state index contributed by atoms with van der Waals surface area (Å²) in [5, 5.41) is 21.9. The van der Waals surface area contributed by atoms with E-state index in [1.54, 1.807) is 0 Å². The monoisotopic (exact) mass is 387 g/mol. The molecule has 0 aromatic heterocycles. The van der Waals surface area contributed by atoms with Gasteiger partial charge in [-0.2, -0.15) is 0 Å². The normalized spacial score (nSPS) is 11.1. The van der Waals surface area contributed by atoms with Crippen LogP contribution in [0, 0.1) is 0 Å². The summed E-state index contributed by atoms with van der Waals surface area (Å²) in [7, 11) is -4.34. The highest BCUT2D eigenvalue weighted by atomic mass is 35.5. The molecule has 24 heavy (non-hydrogen) atoms. The average molecular weight is 388 g/mol. The van der Waals surface area contributed by atoms with Crippen molar-refractivity contribution in [2.45, 2.75) is 4.90 Å². The second-order valence-corrected chi connectivity index (χ2v) is 7.01. The van der Waals surface area contributed by atoms with Crippen molar-refractivity contribution >= 4 is 50.9 Å². The molecule has 0 unspecified atom stereocenters. The second-order valence-electron chi connectivity index (χ2n) is 4.52. The molecule has 7 nitrogen and oxygen atoms in total. The quantitative estimate of drug-likeness (QED) is 0.796. The molecular formula is C14H7Cl2NO6S-2. The molecule has 2 aromatic carbocycles. The van der Waals surface area contributed by atoms with E-state index in [1.165, 1.54) is 12.1 Å². The van der Waals surface area contributed by atoms with Crippen molar-refractivity contribution in [1.82, 2.24) is 0 Å². The first-order chi connectivity index (χ1) is 11.1. The fraction of sp³-hybridized carbons (Fsp3) is 0. The van der Waals surface area contributed by atoms with Gasteiger partial charge in [0.15, 0.2) is 0 Å². The highest BCUT2D eigenvalue weighted by molar-refractivity contribution is 7.92. The van der Waals surface area contributed by atoms with Crippen LogP contribution in [0.25, 0.3) is 0 Å². The zero-order chi connectivity index (χ0) is 18.1. The molecule has 0 aliphatic heterocycles. The van der Waals surface area contributed by atoms with E-state index < -0.39 is 43.7 Å². The number of carbonyl (C=O) groups excluding carboxylic acids is 2. The van der Waals surface area contributed by atoms with E-state index in [4.69, 9.17) is 23.2 Å². The number of carboxylic acids is 2. The van der Waals surface area contributed by atoms with Crippen molar-refractivity contribution in [3.05, 3.63) is 57.6 Å². The van der Waals surface area contributed by atoms with Crippen LogP contribution in [0.5, 0.6) is 0 Å². The first kappa shape index (κ1) is 18.1. The Balaban J connectivity index is 2.56. The number of benzene rings is 2. The summed E-state index contributed by atoms with van der Waals surface area (Å²) in [5.74, 6) is -3.31. The molecule has 0 heterocycles. The molecule has 2 aromatic rings. The van der Waals surface area contributed by atoms with Gasteiger partial charge in [0, 0.05) is 10.6 Å². The number of nitrogens with one attached hydrogen (secondary N) is 1. The van der Waals surface area contributed by atoms with Crippen LogP contribution in [0.1, 0.15) is 20.7 Å². The molecule has 0 saturated heterocycles. The summed E-state index contributed by atoms with van der Waals surface area (Å²) in [6, 6.07) is 6.31. The Bertz CT molecular complexity index is 942. The lowest BCUT2D eigenvalue weighted by molar-refractivity contribution is -0.256. The van der Waals surface area contributed by atoms with Crippen molar-refractivity contribution in [3.63, 3.8) is 0 Å². The van der Waals surface area contributed by atoms with Crippen LogP contribution in [0.4, 0.5) is 5.69 Å². The molecule has 10 heteroatoms.